The number of hydrogen-bond donors (Lipinski definition) is 1. The van der Waals surface area contributed by atoms with Crippen LogP contribution < -0.4 is 4.74 Å². The molecule has 0 spiro atoms. The van der Waals surface area contributed by atoms with Crippen LogP contribution in [0.5, 0.6) is 5.75 Å². The van der Waals surface area contributed by atoms with Gasteiger partial charge in [-0.1, -0.05) is 11.6 Å². The molecule has 20 heavy (non-hydrogen) atoms. The van der Waals surface area contributed by atoms with Crippen molar-refractivity contribution in [2.24, 2.45) is 0 Å². The minimum absolute atomic E-state index is 0.417. The summed E-state index contributed by atoms with van der Waals surface area (Å²) in [7, 11) is 1.67. The molecule has 0 radical (unpaired) electrons. The van der Waals surface area contributed by atoms with Gasteiger partial charge in [0.15, 0.2) is 5.82 Å². The van der Waals surface area contributed by atoms with E-state index in [9.17, 15) is 0 Å². The van der Waals surface area contributed by atoms with Crippen molar-refractivity contribution >= 4 is 0 Å². The molecular formula is C15H19N3O2. The Balaban J connectivity index is 1.91. The van der Waals surface area contributed by atoms with Gasteiger partial charge < -0.3 is 9.47 Å². The molecule has 1 aliphatic heterocycles. The summed E-state index contributed by atoms with van der Waals surface area (Å²) in [5.74, 6) is 2.87. The average molecular weight is 273 g/mol. The third-order valence-electron chi connectivity index (χ3n) is 3.71. The number of nitrogens with zero attached hydrogens (tertiary/aromatic N) is 2. The van der Waals surface area contributed by atoms with Crippen molar-refractivity contribution in [3.63, 3.8) is 0 Å². The topological polar surface area (TPSA) is 60.0 Å². The van der Waals surface area contributed by atoms with Gasteiger partial charge in [0.2, 0.25) is 0 Å². The van der Waals surface area contributed by atoms with E-state index < -0.39 is 0 Å². The zero-order chi connectivity index (χ0) is 13.9. The Hall–Kier alpha value is -1.88. The molecule has 2 aromatic rings. The summed E-state index contributed by atoms with van der Waals surface area (Å²) in [5, 5.41) is 7.43. The van der Waals surface area contributed by atoms with Gasteiger partial charge in [-0.05, 0) is 31.9 Å². The first-order valence-corrected chi connectivity index (χ1v) is 6.93. The summed E-state index contributed by atoms with van der Waals surface area (Å²) in [6, 6.07) is 6.03. The third kappa shape index (κ3) is 2.54. The normalized spacial score (nSPS) is 16.3. The lowest BCUT2D eigenvalue weighted by molar-refractivity contribution is 0.0836. The zero-order valence-corrected chi connectivity index (χ0v) is 11.8. The fraction of sp³-hybridized carbons (Fsp3) is 0.467. The van der Waals surface area contributed by atoms with E-state index in [2.05, 4.69) is 28.2 Å². The van der Waals surface area contributed by atoms with Gasteiger partial charge in [-0.15, -0.1) is 0 Å². The Morgan fingerprint density at radius 2 is 2.10 bits per heavy atom. The van der Waals surface area contributed by atoms with Crippen molar-refractivity contribution in [3.05, 3.63) is 29.6 Å². The number of hydrogen-bond acceptors (Lipinski definition) is 4. The minimum atomic E-state index is 0.417. The highest BCUT2D eigenvalue weighted by molar-refractivity contribution is 5.64. The van der Waals surface area contributed by atoms with Gasteiger partial charge in [0.25, 0.3) is 0 Å². The van der Waals surface area contributed by atoms with Gasteiger partial charge in [-0.3, -0.25) is 5.10 Å². The molecule has 1 aromatic carbocycles. The Kier molecular flexibility index (Phi) is 3.69. The molecule has 5 heteroatoms. The van der Waals surface area contributed by atoms with Crippen LogP contribution >= 0.6 is 0 Å². The summed E-state index contributed by atoms with van der Waals surface area (Å²) in [6.07, 6.45) is 2.00. The number of rotatable bonds is 3. The molecule has 1 N–H and O–H groups in total. The van der Waals surface area contributed by atoms with Crippen LogP contribution in [0, 0.1) is 6.92 Å². The predicted octanol–water partition coefficient (Wildman–Crippen LogP) is 2.68. The van der Waals surface area contributed by atoms with E-state index >= 15 is 0 Å². The minimum Gasteiger partial charge on any atom is -0.496 e. The fourth-order valence-corrected chi connectivity index (χ4v) is 2.54. The quantitative estimate of drug-likeness (QED) is 0.934. The largest absolute Gasteiger partial charge is 0.496 e. The van der Waals surface area contributed by atoms with Crippen LogP contribution in [0.2, 0.25) is 0 Å². The van der Waals surface area contributed by atoms with Crippen LogP contribution in [-0.2, 0) is 4.74 Å². The van der Waals surface area contributed by atoms with Gasteiger partial charge in [-0.25, -0.2) is 4.98 Å². The van der Waals surface area contributed by atoms with Crippen molar-refractivity contribution in [1.29, 1.82) is 0 Å². The number of aromatic amines is 1. The summed E-state index contributed by atoms with van der Waals surface area (Å²) < 4.78 is 10.8. The Morgan fingerprint density at radius 3 is 2.85 bits per heavy atom. The molecule has 3 rings (SSSR count). The SMILES string of the molecule is COc1ccc(C)cc1-c1n[nH]c(C2CCOCC2)n1. The maximum absolute atomic E-state index is 5.40. The Bertz CT molecular complexity index is 589. The Labute approximate surface area is 118 Å². The number of aryl methyl sites for hydroxylation is 1. The third-order valence-corrected chi connectivity index (χ3v) is 3.71. The maximum Gasteiger partial charge on any atom is 0.184 e. The van der Waals surface area contributed by atoms with Crippen LogP contribution in [0.3, 0.4) is 0 Å². The molecule has 0 atom stereocenters. The van der Waals surface area contributed by atoms with E-state index in [1.807, 2.05) is 12.1 Å². The predicted molar refractivity (Wildman–Crippen MR) is 75.9 cm³/mol. The van der Waals surface area contributed by atoms with Gasteiger partial charge in [0, 0.05) is 19.1 Å². The maximum atomic E-state index is 5.40. The molecule has 0 bridgehead atoms. The number of methoxy groups -OCH3 is 1. The van der Waals surface area contributed by atoms with Crippen molar-refractivity contribution in [2.45, 2.75) is 25.7 Å². The first-order chi connectivity index (χ1) is 9.78. The molecular weight excluding hydrogens is 254 g/mol. The lowest BCUT2D eigenvalue weighted by Gasteiger charge is -2.19. The number of ether oxygens (including phenoxy) is 2. The zero-order valence-electron chi connectivity index (χ0n) is 11.8. The molecule has 0 unspecified atom stereocenters. The molecule has 0 saturated carbocycles. The first-order valence-electron chi connectivity index (χ1n) is 6.93. The second-order valence-corrected chi connectivity index (χ2v) is 5.13. The number of nitrogens with one attached hydrogen (secondary N) is 1. The van der Waals surface area contributed by atoms with Crippen LogP contribution in [0.1, 0.15) is 30.1 Å². The molecule has 1 fully saturated rings. The van der Waals surface area contributed by atoms with Gasteiger partial charge >= 0.3 is 0 Å². The molecule has 106 valence electrons. The average Bonchev–Trinajstić information content (AvgIpc) is 2.98. The van der Waals surface area contributed by atoms with E-state index in [-0.39, 0.29) is 0 Å². The number of aromatic nitrogens is 3. The summed E-state index contributed by atoms with van der Waals surface area (Å²) in [6.45, 7) is 3.65. The van der Waals surface area contributed by atoms with E-state index in [4.69, 9.17) is 9.47 Å². The lowest BCUT2D eigenvalue weighted by atomic mass is 10.00. The van der Waals surface area contributed by atoms with Crippen molar-refractivity contribution in [1.82, 2.24) is 15.2 Å². The fourth-order valence-electron chi connectivity index (χ4n) is 2.54. The van der Waals surface area contributed by atoms with Crippen LogP contribution in [0.15, 0.2) is 18.2 Å². The van der Waals surface area contributed by atoms with E-state index in [1.165, 1.54) is 5.56 Å². The van der Waals surface area contributed by atoms with E-state index in [1.54, 1.807) is 7.11 Å². The standard InChI is InChI=1S/C15H19N3O2/c1-10-3-4-13(19-2)12(9-10)15-16-14(17-18-15)11-5-7-20-8-6-11/h3-4,9,11H,5-8H2,1-2H3,(H,16,17,18). The lowest BCUT2D eigenvalue weighted by Crippen LogP contribution is -2.15. The van der Waals surface area contributed by atoms with Crippen LogP contribution in [-0.4, -0.2) is 35.5 Å². The van der Waals surface area contributed by atoms with Crippen molar-refractivity contribution < 1.29 is 9.47 Å². The van der Waals surface area contributed by atoms with Gasteiger partial charge in [-0.2, -0.15) is 5.10 Å². The number of benzene rings is 1. The molecule has 1 aliphatic rings. The highest BCUT2D eigenvalue weighted by Gasteiger charge is 2.20. The van der Waals surface area contributed by atoms with E-state index in [0.29, 0.717) is 11.7 Å². The molecule has 2 heterocycles. The van der Waals surface area contributed by atoms with Gasteiger partial charge in [0.1, 0.15) is 11.6 Å². The first kappa shape index (κ1) is 13.1. The Morgan fingerprint density at radius 1 is 1.30 bits per heavy atom. The van der Waals surface area contributed by atoms with Crippen LogP contribution in [0.4, 0.5) is 0 Å². The van der Waals surface area contributed by atoms with E-state index in [0.717, 1.165) is 43.2 Å². The second kappa shape index (κ2) is 5.63. The second-order valence-electron chi connectivity index (χ2n) is 5.13. The molecule has 5 nitrogen and oxygen atoms in total. The van der Waals surface area contributed by atoms with Crippen molar-refractivity contribution in [2.75, 3.05) is 20.3 Å². The highest BCUT2D eigenvalue weighted by atomic mass is 16.5. The molecule has 0 amide bonds. The highest BCUT2D eigenvalue weighted by Crippen LogP contribution is 2.30. The van der Waals surface area contributed by atoms with Gasteiger partial charge in [0.05, 0.1) is 12.7 Å². The molecule has 1 saturated heterocycles. The van der Waals surface area contributed by atoms with Crippen molar-refractivity contribution in [3.8, 4) is 17.1 Å². The molecule has 0 aliphatic carbocycles. The summed E-state index contributed by atoms with van der Waals surface area (Å²) in [4.78, 5) is 4.65. The monoisotopic (exact) mass is 273 g/mol. The number of H-pyrrole nitrogens is 1. The smallest absolute Gasteiger partial charge is 0.184 e. The summed E-state index contributed by atoms with van der Waals surface area (Å²) in [5.41, 5.74) is 2.10. The molecule has 1 aromatic heterocycles. The van der Waals surface area contributed by atoms with Crippen LogP contribution in [0.25, 0.3) is 11.4 Å². The summed E-state index contributed by atoms with van der Waals surface area (Å²) >= 11 is 0.